The zero-order chi connectivity index (χ0) is 12.4. The number of nitrogens with one attached hydrogen (secondary N) is 1. The van der Waals surface area contributed by atoms with Crippen LogP contribution in [0.4, 0.5) is 0 Å². The van der Waals surface area contributed by atoms with Crippen molar-refractivity contribution in [1.29, 1.82) is 0 Å². The summed E-state index contributed by atoms with van der Waals surface area (Å²) < 4.78 is 5.95. The Bertz CT molecular complexity index is 385. The van der Waals surface area contributed by atoms with Gasteiger partial charge in [-0.15, -0.1) is 24.8 Å². The number of piperazine rings is 1. The molecule has 2 fully saturated rings. The molecule has 5 heteroatoms. The molecule has 0 bridgehead atoms. The zero-order valence-electron chi connectivity index (χ0n) is 12.1. The van der Waals surface area contributed by atoms with E-state index in [-0.39, 0.29) is 24.8 Å². The largest absolute Gasteiger partial charge is 0.465 e. The maximum absolute atomic E-state index is 5.95. The van der Waals surface area contributed by atoms with Crippen molar-refractivity contribution in [2.75, 3.05) is 26.2 Å². The highest BCUT2D eigenvalue weighted by atomic mass is 35.5. The first-order chi connectivity index (χ1) is 8.84. The van der Waals surface area contributed by atoms with E-state index < -0.39 is 0 Å². The SMILES string of the molecule is Cc1ccc([C@@H](C2CCCC2)N2CCNCC2)o1.Cl.Cl. The maximum Gasteiger partial charge on any atom is 0.121 e. The van der Waals surface area contributed by atoms with E-state index in [1.807, 2.05) is 6.92 Å². The van der Waals surface area contributed by atoms with E-state index >= 15 is 0 Å². The van der Waals surface area contributed by atoms with Crippen LogP contribution in [0.1, 0.15) is 43.2 Å². The van der Waals surface area contributed by atoms with Gasteiger partial charge >= 0.3 is 0 Å². The second kappa shape index (κ2) is 8.28. The summed E-state index contributed by atoms with van der Waals surface area (Å²) in [6.07, 6.45) is 5.53. The standard InChI is InChI=1S/C15H24N2O.2ClH/c1-12-6-7-14(18-12)15(13-4-2-3-5-13)17-10-8-16-9-11-17;;/h6-7,13,15-16H,2-5,8-11H2,1H3;2*1H/t15-;;/m1../s1. The minimum Gasteiger partial charge on any atom is -0.465 e. The molecule has 1 atom stereocenters. The minimum absolute atomic E-state index is 0. The van der Waals surface area contributed by atoms with Gasteiger partial charge in [0.1, 0.15) is 11.5 Å². The Morgan fingerprint density at radius 2 is 1.80 bits per heavy atom. The second-order valence-corrected chi connectivity index (χ2v) is 5.72. The Kier molecular flexibility index (Phi) is 7.38. The zero-order valence-corrected chi connectivity index (χ0v) is 13.8. The van der Waals surface area contributed by atoms with E-state index in [1.165, 1.54) is 31.4 Å². The van der Waals surface area contributed by atoms with Gasteiger partial charge in [-0.1, -0.05) is 12.8 Å². The molecule has 3 rings (SSSR count). The van der Waals surface area contributed by atoms with Crippen LogP contribution in [0.5, 0.6) is 0 Å². The average Bonchev–Trinajstić information content (AvgIpc) is 3.04. The van der Waals surface area contributed by atoms with Gasteiger partial charge < -0.3 is 9.73 Å². The number of halogens is 2. The van der Waals surface area contributed by atoms with Crippen LogP contribution in [-0.2, 0) is 0 Å². The topological polar surface area (TPSA) is 28.4 Å². The highest BCUT2D eigenvalue weighted by Crippen LogP contribution is 2.40. The summed E-state index contributed by atoms with van der Waals surface area (Å²) in [7, 11) is 0. The molecule has 1 aliphatic heterocycles. The Labute approximate surface area is 134 Å². The van der Waals surface area contributed by atoms with E-state index in [1.54, 1.807) is 0 Å². The van der Waals surface area contributed by atoms with Gasteiger partial charge in [0.05, 0.1) is 6.04 Å². The molecule has 2 heterocycles. The molecule has 116 valence electrons. The van der Waals surface area contributed by atoms with Crippen molar-refractivity contribution < 1.29 is 4.42 Å². The molecule has 0 spiro atoms. The van der Waals surface area contributed by atoms with Gasteiger partial charge in [-0.25, -0.2) is 0 Å². The molecule has 3 nitrogen and oxygen atoms in total. The van der Waals surface area contributed by atoms with Crippen molar-refractivity contribution >= 4 is 24.8 Å². The Morgan fingerprint density at radius 1 is 1.15 bits per heavy atom. The van der Waals surface area contributed by atoms with Crippen LogP contribution in [-0.4, -0.2) is 31.1 Å². The van der Waals surface area contributed by atoms with E-state index in [2.05, 4.69) is 22.3 Å². The summed E-state index contributed by atoms with van der Waals surface area (Å²) in [6, 6.07) is 4.82. The molecule has 1 saturated carbocycles. The molecule has 0 unspecified atom stereocenters. The summed E-state index contributed by atoms with van der Waals surface area (Å²) in [5, 5.41) is 3.44. The van der Waals surface area contributed by atoms with Crippen molar-refractivity contribution in [1.82, 2.24) is 10.2 Å². The molecule has 1 aromatic rings. The minimum atomic E-state index is 0. The van der Waals surface area contributed by atoms with Crippen LogP contribution in [0.2, 0.25) is 0 Å². The fourth-order valence-electron chi connectivity index (χ4n) is 3.56. The van der Waals surface area contributed by atoms with E-state index in [9.17, 15) is 0 Å². The Hall–Kier alpha value is -0.220. The summed E-state index contributed by atoms with van der Waals surface area (Å²) >= 11 is 0. The first-order valence-corrected chi connectivity index (χ1v) is 7.36. The third-order valence-electron chi connectivity index (χ3n) is 4.44. The number of furan rings is 1. The molecule has 0 radical (unpaired) electrons. The van der Waals surface area contributed by atoms with Crippen LogP contribution >= 0.6 is 24.8 Å². The van der Waals surface area contributed by atoms with Gasteiger partial charge in [0.25, 0.3) is 0 Å². The lowest BCUT2D eigenvalue weighted by Gasteiger charge is -2.37. The number of aryl methyl sites for hydroxylation is 1. The average molecular weight is 321 g/mol. The van der Waals surface area contributed by atoms with Crippen molar-refractivity contribution in [3.8, 4) is 0 Å². The predicted molar refractivity (Wildman–Crippen MR) is 87.1 cm³/mol. The maximum atomic E-state index is 5.95. The molecule has 1 aromatic heterocycles. The third kappa shape index (κ3) is 3.91. The van der Waals surface area contributed by atoms with Crippen LogP contribution in [0.15, 0.2) is 16.5 Å². The van der Waals surface area contributed by atoms with Gasteiger partial charge in [0, 0.05) is 26.2 Å². The molecular formula is C15H26Cl2N2O. The van der Waals surface area contributed by atoms with E-state index in [4.69, 9.17) is 4.42 Å². The Balaban J connectivity index is 0.000001000. The van der Waals surface area contributed by atoms with E-state index in [0.29, 0.717) is 6.04 Å². The van der Waals surface area contributed by atoms with Crippen molar-refractivity contribution in [3.63, 3.8) is 0 Å². The van der Waals surface area contributed by atoms with Crippen LogP contribution in [0, 0.1) is 12.8 Å². The third-order valence-corrected chi connectivity index (χ3v) is 4.44. The lowest BCUT2D eigenvalue weighted by molar-refractivity contribution is 0.107. The van der Waals surface area contributed by atoms with Gasteiger partial charge in [0.15, 0.2) is 0 Å². The van der Waals surface area contributed by atoms with Crippen molar-refractivity contribution in [3.05, 3.63) is 23.7 Å². The predicted octanol–water partition coefficient (Wildman–Crippen LogP) is 3.57. The summed E-state index contributed by atoms with van der Waals surface area (Å²) in [5.74, 6) is 3.04. The number of hydrogen-bond donors (Lipinski definition) is 1. The van der Waals surface area contributed by atoms with Crippen LogP contribution in [0.3, 0.4) is 0 Å². The molecule has 20 heavy (non-hydrogen) atoms. The van der Waals surface area contributed by atoms with E-state index in [0.717, 1.165) is 37.9 Å². The summed E-state index contributed by atoms with van der Waals surface area (Å²) in [6.45, 7) is 6.58. The van der Waals surface area contributed by atoms with Crippen molar-refractivity contribution in [2.24, 2.45) is 5.92 Å². The summed E-state index contributed by atoms with van der Waals surface area (Å²) in [5.41, 5.74) is 0. The van der Waals surface area contributed by atoms with Gasteiger partial charge in [-0.2, -0.15) is 0 Å². The number of rotatable bonds is 3. The van der Waals surface area contributed by atoms with Crippen molar-refractivity contribution in [2.45, 2.75) is 38.6 Å². The molecule has 0 aromatic carbocycles. The molecule has 0 amide bonds. The fraction of sp³-hybridized carbons (Fsp3) is 0.733. The molecular weight excluding hydrogens is 295 g/mol. The quantitative estimate of drug-likeness (QED) is 0.922. The first kappa shape index (κ1) is 17.8. The fourth-order valence-corrected chi connectivity index (χ4v) is 3.56. The smallest absolute Gasteiger partial charge is 0.121 e. The van der Waals surface area contributed by atoms with Crippen LogP contribution < -0.4 is 5.32 Å². The highest BCUT2D eigenvalue weighted by molar-refractivity contribution is 5.85. The lowest BCUT2D eigenvalue weighted by atomic mass is 9.94. The second-order valence-electron chi connectivity index (χ2n) is 5.72. The molecule has 1 aliphatic carbocycles. The normalized spacial score (nSPS) is 22.1. The van der Waals surface area contributed by atoms with Gasteiger partial charge in [-0.3, -0.25) is 4.90 Å². The van der Waals surface area contributed by atoms with Gasteiger partial charge in [-0.05, 0) is 37.8 Å². The number of hydrogen-bond acceptors (Lipinski definition) is 3. The van der Waals surface area contributed by atoms with Gasteiger partial charge in [0.2, 0.25) is 0 Å². The summed E-state index contributed by atoms with van der Waals surface area (Å²) in [4.78, 5) is 2.63. The Morgan fingerprint density at radius 3 is 2.35 bits per heavy atom. The monoisotopic (exact) mass is 320 g/mol. The highest BCUT2D eigenvalue weighted by Gasteiger charge is 2.33. The molecule has 2 aliphatic rings. The first-order valence-electron chi connectivity index (χ1n) is 7.36. The molecule has 1 N–H and O–H groups in total. The molecule has 1 saturated heterocycles. The lowest BCUT2D eigenvalue weighted by Crippen LogP contribution is -2.46. The number of nitrogens with zero attached hydrogens (tertiary/aromatic N) is 1. The van der Waals surface area contributed by atoms with Crippen LogP contribution in [0.25, 0.3) is 0 Å².